The molecule has 2 unspecified atom stereocenters. The third kappa shape index (κ3) is 2.17. The van der Waals surface area contributed by atoms with Crippen molar-refractivity contribution in [3.63, 3.8) is 0 Å². The first-order valence-electron chi connectivity index (χ1n) is 4.79. The quantitative estimate of drug-likeness (QED) is 0.689. The first-order chi connectivity index (χ1) is 5.79. The smallest absolute Gasteiger partial charge is 0.0906 e. The van der Waals surface area contributed by atoms with E-state index in [0.29, 0.717) is 24.9 Å². The van der Waals surface area contributed by atoms with Crippen molar-refractivity contribution in [1.29, 1.82) is 0 Å². The molecular formula is C9H19FN2. The van der Waals surface area contributed by atoms with Crippen molar-refractivity contribution in [3.8, 4) is 0 Å². The second-order valence-corrected chi connectivity index (χ2v) is 3.65. The second kappa shape index (κ2) is 4.77. The van der Waals surface area contributed by atoms with Gasteiger partial charge in [-0.3, -0.25) is 9.29 Å². The number of rotatable bonds is 4. The summed E-state index contributed by atoms with van der Waals surface area (Å²) in [5.41, 5.74) is 5.65. The summed E-state index contributed by atoms with van der Waals surface area (Å²) in [4.78, 5) is 2.32. The van der Waals surface area contributed by atoms with Crippen molar-refractivity contribution in [1.82, 2.24) is 4.90 Å². The average Bonchev–Trinajstić information content (AvgIpc) is 2.43. The number of halogens is 1. The van der Waals surface area contributed by atoms with E-state index in [-0.39, 0.29) is 6.67 Å². The zero-order valence-electron chi connectivity index (χ0n) is 7.80. The maximum atomic E-state index is 11.9. The molecule has 3 heteroatoms. The number of hydrogen-bond acceptors (Lipinski definition) is 2. The van der Waals surface area contributed by atoms with E-state index in [2.05, 4.69) is 11.8 Å². The van der Waals surface area contributed by atoms with Crippen LogP contribution >= 0.6 is 0 Å². The van der Waals surface area contributed by atoms with E-state index in [1.165, 1.54) is 6.42 Å². The molecule has 0 spiro atoms. The van der Waals surface area contributed by atoms with Gasteiger partial charge in [-0.25, -0.2) is 0 Å². The first kappa shape index (κ1) is 9.93. The molecule has 0 aromatic carbocycles. The second-order valence-electron chi connectivity index (χ2n) is 3.65. The van der Waals surface area contributed by atoms with Gasteiger partial charge < -0.3 is 5.73 Å². The van der Waals surface area contributed by atoms with Crippen LogP contribution in [0.3, 0.4) is 0 Å². The minimum absolute atomic E-state index is 0.206. The largest absolute Gasteiger partial charge is 0.329 e. The van der Waals surface area contributed by atoms with Gasteiger partial charge >= 0.3 is 0 Å². The lowest BCUT2D eigenvalue weighted by atomic mass is 10.0. The topological polar surface area (TPSA) is 29.3 Å². The maximum absolute atomic E-state index is 11.9. The Bertz CT molecular complexity index is 130. The summed E-state index contributed by atoms with van der Waals surface area (Å²) in [7, 11) is 0. The van der Waals surface area contributed by atoms with Crippen LogP contribution in [0.15, 0.2) is 0 Å². The molecule has 72 valence electrons. The number of hydrogen-bond donors (Lipinski definition) is 1. The predicted molar refractivity (Wildman–Crippen MR) is 48.8 cm³/mol. The Labute approximate surface area is 73.9 Å². The highest BCUT2D eigenvalue weighted by Gasteiger charge is 2.28. The van der Waals surface area contributed by atoms with Crippen LogP contribution in [-0.4, -0.2) is 37.3 Å². The van der Waals surface area contributed by atoms with Crippen molar-refractivity contribution in [3.05, 3.63) is 0 Å². The lowest BCUT2D eigenvalue weighted by Crippen LogP contribution is -2.38. The van der Waals surface area contributed by atoms with E-state index in [4.69, 9.17) is 5.73 Å². The standard InChI is InChI=1S/C9H19FN2/c1-8-3-6-12(5-2-4-10)9(8)7-11/h8-9H,2-7,11H2,1H3. The molecule has 0 aromatic heterocycles. The summed E-state index contributed by atoms with van der Waals surface area (Å²) >= 11 is 0. The van der Waals surface area contributed by atoms with Gasteiger partial charge in [-0.15, -0.1) is 0 Å². The van der Waals surface area contributed by atoms with Gasteiger partial charge in [0.05, 0.1) is 6.67 Å². The summed E-state index contributed by atoms with van der Waals surface area (Å²) in [6.07, 6.45) is 1.87. The van der Waals surface area contributed by atoms with Crippen molar-refractivity contribution in [2.24, 2.45) is 11.7 Å². The molecule has 1 aliphatic heterocycles. The van der Waals surface area contributed by atoms with Gasteiger partial charge in [-0.1, -0.05) is 6.92 Å². The Morgan fingerprint density at radius 3 is 2.92 bits per heavy atom. The van der Waals surface area contributed by atoms with Crippen LogP contribution in [0.2, 0.25) is 0 Å². The Kier molecular flexibility index (Phi) is 3.95. The highest BCUT2D eigenvalue weighted by molar-refractivity contribution is 4.84. The molecule has 0 bridgehead atoms. The molecule has 2 N–H and O–H groups in total. The van der Waals surface area contributed by atoms with Crippen LogP contribution in [0, 0.1) is 5.92 Å². The van der Waals surface area contributed by atoms with Crippen LogP contribution in [0.25, 0.3) is 0 Å². The molecule has 1 heterocycles. The Hall–Kier alpha value is -0.150. The van der Waals surface area contributed by atoms with Crippen molar-refractivity contribution < 1.29 is 4.39 Å². The van der Waals surface area contributed by atoms with Crippen LogP contribution in [0.5, 0.6) is 0 Å². The van der Waals surface area contributed by atoms with Gasteiger partial charge in [0, 0.05) is 19.1 Å². The fraction of sp³-hybridized carbons (Fsp3) is 1.00. The van der Waals surface area contributed by atoms with Gasteiger partial charge in [-0.2, -0.15) is 0 Å². The SMILES string of the molecule is CC1CCN(CCCF)C1CN. The zero-order chi connectivity index (χ0) is 8.97. The summed E-state index contributed by atoms with van der Waals surface area (Å²) in [5.74, 6) is 0.689. The van der Waals surface area contributed by atoms with Gasteiger partial charge in [0.2, 0.25) is 0 Å². The molecular weight excluding hydrogens is 155 g/mol. The summed E-state index contributed by atoms with van der Waals surface area (Å²) in [5, 5.41) is 0. The minimum Gasteiger partial charge on any atom is -0.329 e. The van der Waals surface area contributed by atoms with Crippen molar-refractivity contribution in [2.45, 2.75) is 25.8 Å². The lowest BCUT2D eigenvalue weighted by Gasteiger charge is -2.24. The van der Waals surface area contributed by atoms with Crippen LogP contribution in [0.1, 0.15) is 19.8 Å². The van der Waals surface area contributed by atoms with E-state index in [9.17, 15) is 4.39 Å². The number of likely N-dealkylation sites (tertiary alicyclic amines) is 1. The van der Waals surface area contributed by atoms with Gasteiger partial charge in [0.1, 0.15) is 0 Å². The maximum Gasteiger partial charge on any atom is 0.0906 e. The van der Waals surface area contributed by atoms with Crippen LogP contribution in [-0.2, 0) is 0 Å². The molecule has 0 saturated carbocycles. The molecule has 1 saturated heterocycles. The molecule has 1 fully saturated rings. The molecule has 0 aliphatic carbocycles. The van der Waals surface area contributed by atoms with E-state index in [1.807, 2.05) is 0 Å². The van der Waals surface area contributed by atoms with Gasteiger partial charge in [-0.05, 0) is 25.3 Å². The molecule has 1 rings (SSSR count). The van der Waals surface area contributed by atoms with Gasteiger partial charge in [0.15, 0.2) is 0 Å². The Balaban J connectivity index is 2.32. The predicted octanol–water partition coefficient (Wildman–Crippen LogP) is 1.02. The molecule has 2 nitrogen and oxygen atoms in total. The minimum atomic E-state index is -0.206. The highest BCUT2D eigenvalue weighted by Crippen LogP contribution is 2.22. The molecule has 0 radical (unpaired) electrons. The summed E-state index contributed by atoms with van der Waals surface area (Å²) in [6, 6.07) is 0.497. The average molecular weight is 174 g/mol. The fourth-order valence-electron chi connectivity index (χ4n) is 2.01. The molecule has 2 atom stereocenters. The van der Waals surface area contributed by atoms with Gasteiger partial charge in [0.25, 0.3) is 0 Å². The van der Waals surface area contributed by atoms with E-state index >= 15 is 0 Å². The number of nitrogens with two attached hydrogens (primary N) is 1. The first-order valence-corrected chi connectivity index (χ1v) is 4.79. The fourth-order valence-corrected chi connectivity index (χ4v) is 2.01. The monoisotopic (exact) mass is 174 g/mol. The normalized spacial score (nSPS) is 31.2. The van der Waals surface area contributed by atoms with E-state index in [1.54, 1.807) is 0 Å². The number of nitrogens with zero attached hydrogens (tertiary/aromatic N) is 1. The van der Waals surface area contributed by atoms with Crippen LogP contribution in [0.4, 0.5) is 4.39 Å². The Morgan fingerprint density at radius 1 is 1.58 bits per heavy atom. The highest BCUT2D eigenvalue weighted by atomic mass is 19.1. The zero-order valence-corrected chi connectivity index (χ0v) is 7.80. The third-order valence-electron chi connectivity index (χ3n) is 2.82. The van der Waals surface area contributed by atoms with E-state index < -0.39 is 0 Å². The molecule has 0 amide bonds. The summed E-state index contributed by atoms with van der Waals surface area (Å²) < 4.78 is 11.9. The number of alkyl halides is 1. The van der Waals surface area contributed by atoms with Crippen molar-refractivity contribution >= 4 is 0 Å². The molecule has 1 aliphatic rings. The molecule has 12 heavy (non-hydrogen) atoms. The Morgan fingerprint density at radius 2 is 2.33 bits per heavy atom. The summed E-state index contributed by atoms with van der Waals surface area (Å²) in [6.45, 7) is 4.72. The lowest BCUT2D eigenvalue weighted by molar-refractivity contribution is 0.226. The van der Waals surface area contributed by atoms with Crippen LogP contribution < -0.4 is 5.73 Å². The van der Waals surface area contributed by atoms with Crippen molar-refractivity contribution in [2.75, 3.05) is 26.3 Å². The third-order valence-corrected chi connectivity index (χ3v) is 2.82. The van der Waals surface area contributed by atoms with E-state index in [0.717, 1.165) is 13.1 Å². The molecule has 0 aromatic rings.